The van der Waals surface area contributed by atoms with Gasteiger partial charge in [-0.15, -0.1) is 0 Å². The van der Waals surface area contributed by atoms with Gasteiger partial charge in [0.1, 0.15) is 5.82 Å². The van der Waals surface area contributed by atoms with Crippen LogP contribution in [0.4, 0.5) is 18.9 Å². The average molecular weight is 688 g/mol. The van der Waals surface area contributed by atoms with E-state index in [4.69, 9.17) is 4.98 Å². The number of carbonyl (C=O) groups is 3. The van der Waals surface area contributed by atoms with Gasteiger partial charge >= 0.3 is 18.1 Å². The van der Waals surface area contributed by atoms with E-state index in [1.807, 2.05) is 18.2 Å². The maximum absolute atomic E-state index is 14.2. The van der Waals surface area contributed by atoms with E-state index in [-0.39, 0.29) is 23.4 Å². The quantitative estimate of drug-likeness (QED) is 0.123. The topological polar surface area (TPSA) is 81.5 Å². The van der Waals surface area contributed by atoms with Gasteiger partial charge in [-0.2, -0.15) is 13.2 Å². The number of unbranched alkanes of at least 4 members (excludes halogenated alkanes) is 1. The molecule has 0 N–H and O–H groups in total. The van der Waals surface area contributed by atoms with Crippen molar-refractivity contribution in [1.29, 1.82) is 0 Å². The van der Waals surface area contributed by atoms with E-state index in [2.05, 4.69) is 33.3 Å². The normalized spacial score (nSPS) is 16.0. The molecule has 0 atom stereocenters. The summed E-state index contributed by atoms with van der Waals surface area (Å²) < 4.78 is 44.6. The highest BCUT2D eigenvalue weighted by Crippen LogP contribution is 2.35. The molecular weight excluding hydrogens is 643 g/mol. The van der Waals surface area contributed by atoms with Gasteiger partial charge < -0.3 is 14.2 Å². The standard InChI is InChI=1S/C40H44F3N3O4/c1-2-3-18-36-44-34-24-23-31(46(30-14-8-5-9-15-30)37(47)29-12-6-4-7-13-29)25-35(34)45(36)26-27-19-21-28(22-20-27)32-16-10-11-17-33(32)38(48)50-39(49)40(41,42)43/h10-11,16-17,19-25,29-30H,2-9,12-15,18,26H2,1H3. The van der Waals surface area contributed by atoms with Crippen LogP contribution in [-0.4, -0.2) is 39.6 Å². The van der Waals surface area contributed by atoms with Crippen LogP contribution in [-0.2, 0) is 27.3 Å². The van der Waals surface area contributed by atoms with Crippen molar-refractivity contribution in [2.45, 2.75) is 109 Å². The smallest absolute Gasteiger partial charge is 0.383 e. The highest BCUT2D eigenvalue weighted by atomic mass is 19.4. The number of fused-ring (bicyclic) bond motifs is 1. The van der Waals surface area contributed by atoms with Crippen LogP contribution < -0.4 is 4.90 Å². The van der Waals surface area contributed by atoms with Crippen LogP contribution in [0.15, 0.2) is 66.7 Å². The lowest BCUT2D eigenvalue weighted by atomic mass is 9.86. The number of esters is 2. The number of ether oxygens (including phenoxy) is 1. The van der Waals surface area contributed by atoms with E-state index < -0.39 is 18.1 Å². The molecule has 1 amide bonds. The average Bonchev–Trinajstić information content (AvgIpc) is 3.47. The molecule has 2 aliphatic rings. The predicted molar refractivity (Wildman–Crippen MR) is 187 cm³/mol. The first-order chi connectivity index (χ1) is 24.1. The molecule has 4 aromatic rings. The third-order valence-electron chi connectivity index (χ3n) is 10.1. The van der Waals surface area contributed by atoms with Gasteiger partial charge in [-0.05, 0) is 73.1 Å². The molecule has 2 aliphatic carbocycles. The Morgan fingerprint density at radius 2 is 1.56 bits per heavy atom. The molecule has 1 aromatic heterocycles. The van der Waals surface area contributed by atoms with Crippen LogP contribution in [0.5, 0.6) is 0 Å². The van der Waals surface area contributed by atoms with E-state index in [9.17, 15) is 27.6 Å². The van der Waals surface area contributed by atoms with Gasteiger partial charge in [0.15, 0.2) is 0 Å². The lowest BCUT2D eigenvalue weighted by molar-refractivity contribution is -0.193. The van der Waals surface area contributed by atoms with Gasteiger partial charge in [0.25, 0.3) is 0 Å². The van der Waals surface area contributed by atoms with E-state index in [0.29, 0.717) is 17.7 Å². The van der Waals surface area contributed by atoms with Crippen molar-refractivity contribution >= 4 is 34.6 Å². The van der Waals surface area contributed by atoms with Gasteiger partial charge in [-0.1, -0.05) is 94.3 Å². The predicted octanol–water partition coefficient (Wildman–Crippen LogP) is 9.59. The number of anilines is 1. The summed E-state index contributed by atoms with van der Waals surface area (Å²) in [5.41, 5.74) is 4.55. The fourth-order valence-electron chi connectivity index (χ4n) is 7.50. The number of alkyl halides is 3. The fourth-order valence-corrected chi connectivity index (χ4v) is 7.50. The summed E-state index contributed by atoms with van der Waals surface area (Å²) in [6, 6.07) is 20.0. The minimum absolute atomic E-state index is 0.0713. The molecule has 264 valence electrons. The Morgan fingerprint density at radius 3 is 2.24 bits per heavy atom. The van der Waals surface area contributed by atoms with Crippen molar-refractivity contribution < 1.29 is 32.3 Å². The monoisotopic (exact) mass is 687 g/mol. The van der Waals surface area contributed by atoms with Crippen LogP contribution in [0.3, 0.4) is 0 Å². The fraction of sp³-hybridized carbons (Fsp3) is 0.450. The minimum atomic E-state index is -5.28. The molecule has 10 heteroatoms. The van der Waals surface area contributed by atoms with E-state index in [1.54, 1.807) is 24.3 Å². The summed E-state index contributed by atoms with van der Waals surface area (Å²) >= 11 is 0. The van der Waals surface area contributed by atoms with Gasteiger partial charge in [-0.25, -0.2) is 14.6 Å². The second-order valence-corrected chi connectivity index (χ2v) is 13.6. The van der Waals surface area contributed by atoms with Crippen molar-refractivity contribution in [3.05, 3.63) is 83.7 Å². The van der Waals surface area contributed by atoms with Crippen LogP contribution in [0.1, 0.15) is 106 Å². The third kappa shape index (κ3) is 7.95. The Kier molecular flexibility index (Phi) is 11.0. The Bertz CT molecular complexity index is 1820. The summed E-state index contributed by atoms with van der Waals surface area (Å²) in [6.45, 7) is 2.67. The molecule has 0 radical (unpaired) electrons. The number of aromatic nitrogens is 2. The lowest BCUT2D eigenvalue weighted by Crippen LogP contribution is -2.45. The first-order valence-electron chi connectivity index (χ1n) is 18.0. The zero-order chi connectivity index (χ0) is 35.3. The maximum Gasteiger partial charge on any atom is 0.491 e. The van der Waals surface area contributed by atoms with Crippen LogP contribution in [0.25, 0.3) is 22.2 Å². The number of aryl methyl sites for hydroxylation is 1. The van der Waals surface area contributed by atoms with Crippen molar-refractivity contribution in [2.75, 3.05) is 4.90 Å². The van der Waals surface area contributed by atoms with Crippen molar-refractivity contribution in [2.24, 2.45) is 5.92 Å². The summed E-state index contributed by atoms with van der Waals surface area (Å²) in [4.78, 5) is 45.2. The number of hydrogen-bond acceptors (Lipinski definition) is 5. The largest absolute Gasteiger partial charge is 0.491 e. The molecule has 2 fully saturated rings. The Morgan fingerprint density at radius 1 is 0.880 bits per heavy atom. The summed E-state index contributed by atoms with van der Waals surface area (Å²) in [6.07, 6.45) is 8.35. The zero-order valence-corrected chi connectivity index (χ0v) is 28.5. The van der Waals surface area contributed by atoms with Crippen LogP contribution in [0, 0.1) is 5.92 Å². The highest BCUT2D eigenvalue weighted by molar-refractivity contribution is 6.03. The summed E-state index contributed by atoms with van der Waals surface area (Å²) in [5, 5.41) is 0. The van der Waals surface area contributed by atoms with E-state index >= 15 is 0 Å². The van der Waals surface area contributed by atoms with Gasteiger partial charge in [0.2, 0.25) is 5.91 Å². The molecular formula is C40H44F3N3O4. The minimum Gasteiger partial charge on any atom is -0.383 e. The zero-order valence-electron chi connectivity index (χ0n) is 28.5. The van der Waals surface area contributed by atoms with Gasteiger partial charge in [-0.3, -0.25) is 4.79 Å². The molecule has 1 heterocycles. The van der Waals surface area contributed by atoms with E-state index in [0.717, 1.165) is 98.7 Å². The van der Waals surface area contributed by atoms with Gasteiger partial charge in [0, 0.05) is 30.6 Å². The Hall–Kier alpha value is -4.47. The number of hydrogen-bond donors (Lipinski definition) is 0. The molecule has 0 unspecified atom stereocenters. The molecule has 50 heavy (non-hydrogen) atoms. The Labute approximate surface area is 290 Å². The number of rotatable bonds is 10. The third-order valence-corrected chi connectivity index (χ3v) is 10.1. The first-order valence-corrected chi connectivity index (χ1v) is 18.0. The molecule has 0 spiro atoms. The molecule has 6 rings (SSSR count). The summed E-state index contributed by atoms with van der Waals surface area (Å²) in [7, 11) is 0. The Balaban J connectivity index is 1.31. The second-order valence-electron chi connectivity index (χ2n) is 13.6. The molecule has 3 aromatic carbocycles. The number of carbonyl (C=O) groups excluding carboxylic acids is 3. The molecule has 0 bridgehead atoms. The number of nitrogens with zero attached hydrogens (tertiary/aromatic N) is 3. The van der Waals surface area contributed by atoms with Gasteiger partial charge in [0.05, 0.1) is 16.6 Å². The number of benzene rings is 3. The lowest BCUT2D eigenvalue weighted by Gasteiger charge is -2.37. The molecule has 0 aliphatic heterocycles. The first kappa shape index (κ1) is 35.4. The summed E-state index contributed by atoms with van der Waals surface area (Å²) in [5.74, 6) is -2.62. The second kappa shape index (κ2) is 15.6. The molecule has 2 saturated carbocycles. The number of halogens is 3. The van der Waals surface area contributed by atoms with Crippen LogP contribution in [0.2, 0.25) is 0 Å². The maximum atomic E-state index is 14.2. The van der Waals surface area contributed by atoms with Crippen molar-refractivity contribution in [3.8, 4) is 11.1 Å². The van der Waals surface area contributed by atoms with Crippen molar-refractivity contribution in [3.63, 3.8) is 0 Å². The molecule has 7 nitrogen and oxygen atoms in total. The molecule has 0 saturated heterocycles. The number of amides is 1. The van der Waals surface area contributed by atoms with E-state index in [1.165, 1.54) is 25.0 Å². The highest BCUT2D eigenvalue weighted by Gasteiger charge is 2.43. The van der Waals surface area contributed by atoms with Crippen LogP contribution >= 0.6 is 0 Å². The SMILES string of the molecule is CCCCc1nc2ccc(N(C(=O)C3CCCCC3)C3CCCCC3)cc2n1Cc1ccc(-c2ccccc2C(=O)OC(=O)C(F)(F)F)cc1. The van der Waals surface area contributed by atoms with Crippen molar-refractivity contribution in [1.82, 2.24) is 9.55 Å². The number of imidazole rings is 1.